The van der Waals surface area contributed by atoms with E-state index >= 15 is 0 Å². The maximum atomic E-state index is 8.74. The third-order valence-corrected chi connectivity index (χ3v) is 3.88. The lowest BCUT2D eigenvalue weighted by Gasteiger charge is -2.21. The molecular formula is C15H19N3S. The van der Waals surface area contributed by atoms with E-state index in [0.29, 0.717) is 12.3 Å². The molecule has 0 spiro atoms. The molecule has 3 nitrogen and oxygen atoms in total. The van der Waals surface area contributed by atoms with Gasteiger partial charge in [-0.15, -0.1) is 11.3 Å². The monoisotopic (exact) mass is 273 g/mol. The first-order valence-corrected chi connectivity index (χ1v) is 7.44. The summed E-state index contributed by atoms with van der Waals surface area (Å²) in [5.74, 6) is 0.605. The van der Waals surface area contributed by atoms with Gasteiger partial charge in [-0.2, -0.15) is 5.26 Å². The first kappa shape index (κ1) is 14.0. The Morgan fingerprint density at radius 2 is 2.16 bits per heavy atom. The van der Waals surface area contributed by atoms with E-state index in [2.05, 4.69) is 41.9 Å². The van der Waals surface area contributed by atoms with Crippen LogP contribution >= 0.6 is 11.3 Å². The summed E-state index contributed by atoms with van der Waals surface area (Å²) in [5.41, 5.74) is 1.08. The van der Waals surface area contributed by atoms with Gasteiger partial charge in [0.25, 0.3) is 0 Å². The van der Waals surface area contributed by atoms with Crippen LogP contribution in [0.15, 0.2) is 24.3 Å². The van der Waals surface area contributed by atoms with Crippen LogP contribution in [0.1, 0.15) is 25.3 Å². The summed E-state index contributed by atoms with van der Waals surface area (Å²) in [4.78, 5) is 6.99. The molecule has 0 aliphatic heterocycles. The number of thiazole rings is 1. The van der Waals surface area contributed by atoms with Crippen molar-refractivity contribution in [2.45, 2.75) is 26.8 Å². The van der Waals surface area contributed by atoms with E-state index in [0.717, 1.165) is 30.2 Å². The molecule has 19 heavy (non-hydrogen) atoms. The maximum Gasteiger partial charge on any atom is 0.108 e. The molecular weight excluding hydrogens is 254 g/mol. The Morgan fingerprint density at radius 1 is 1.37 bits per heavy atom. The SMILES string of the molecule is CC(C)CN(CCC#N)Cc1nc2ccccc2s1. The van der Waals surface area contributed by atoms with Gasteiger partial charge in [0.05, 0.1) is 22.8 Å². The number of para-hydroxylation sites is 1. The molecule has 0 radical (unpaired) electrons. The predicted molar refractivity (Wildman–Crippen MR) is 80.0 cm³/mol. The van der Waals surface area contributed by atoms with E-state index in [4.69, 9.17) is 5.26 Å². The predicted octanol–water partition coefficient (Wildman–Crippen LogP) is 3.67. The molecule has 0 aliphatic rings. The lowest BCUT2D eigenvalue weighted by atomic mass is 10.2. The molecule has 1 aromatic carbocycles. The van der Waals surface area contributed by atoms with Crippen molar-refractivity contribution < 1.29 is 0 Å². The fourth-order valence-corrected chi connectivity index (χ4v) is 3.15. The minimum atomic E-state index is 0.581. The topological polar surface area (TPSA) is 39.9 Å². The van der Waals surface area contributed by atoms with Crippen LogP contribution in [0.25, 0.3) is 10.2 Å². The van der Waals surface area contributed by atoms with Crippen LogP contribution < -0.4 is 0 Å². The van der Waals surface area contributed by atoms with Crippen LogP contribution in [0, 0.1) is 17.2 Å². The molecule has 0 aliphatic carbocycles. The molecule has 0 N–H and O–H groups in total. The number of nitriles is 1. The summed E-state index contributed by atoms with van der Waals surface area (Å²) in [7, 11) is 0. The van der Waals surface area contributed by atoms with E-state index in [9.17, 15) is 0 Å². The smallest absolute Gasteiger partial charge is 0.108 e. The molecule has 4 heteroatoms. The average Bonchev–Trinajstić information content (AvgIpc) is 2.77. The summed E-state index contributed by atoms with van der Waals surface area (Å²) >= 11 is 1.75. The number of fused-ring (bicyclic) bond motifs is 1. The van der Waals surface area contributed by atoms with Crippen molar-refractivity contribution in [3.8, 4) is 6.07 Å². The normalized spacial score (nSPS) is 11.3. The van der Waals surface area contributed by atoms with Crippen molar-refractivity contribution in [2.24, 2.45) is 5.92 Å². The Bertz CT molecular complexity index is 535. The summed E-state index contributed by atoms with van der Waals surface area (Å²) in [5, 5.41) is 9.88. The van der Waals surface area contributed by atoms with Crippen LogP contribution in [0.5, 0.6) is 0 Å². The highest BCUT2D eigenvalue weighted by Crippen LogP contribution is 2.22. The van der Waals surface area contributed by atoms with Gasteiger partial charge >= 0.3 is 0 Å². The van der Waals surface area contributed by atoms with Crippen LogP contribution in [0.2, 0.25) is 0 Å². The third-order valence-electron chi connectivity index (χ3n) is 2.86. The molecule has 2 aromatic rings. The van der Waals surface area contributed by atoms with Gasteiger partial charge < -0.3 is 0 Å². The van der Waals surface area contributed by atoms with E-state index in [1.807, 2.05) is 12.1 Å². The second kappa shape index (κ2) is 6.65. The zero-order valence-corrected chi connectivity index (χ0v) is 12.3. The molecule has 1 aromatic heterocycles. The summed E-state index contributed by atoms with van der Waals surface area (Å²) in [6.45, 7) is 7.09. The van der Waals surface area contributed by atoms with Gasteiger partial charge in [0, 0.05) is 19.5 Å². The largest absolute Gasteiger partial charge is 0.295 e. The fraction of sp³-hybridized carbons (Fsp3) is 0.467. The molecule has 0 bridgehead atoms. The number of hydrogen-bond acceptors (Lipinski definition) is 4. The van der Waals surface area contributed by atoms with Crippen LogP contribution in [0.3, 0.4) is 0 Å². The highest BCUT2D eigenvalue weighted by atomic mass is 32.1. The van der Waals surface area contributed by atoms with Crippen molar-refractivity contribution in [1.82, 2.24) is 9.88 Å². The highest BCUT2D eigenvalue weighted by Gasteiger charge is 2.11. The molecule has 1 heterocycles. The summed E-state index contributed by atoms with van der Waals surface area (Å²) in [6.07, 6.45) is 0.581. The van der Waals surface area contributed by atoms with Gasteiger partial charge in [0.1, 0.15) is 5.01 Å². The van der Waals surface area contributed by atoms with Gasteiger partial charge in [-0.3, -0.25) is 4.90 Å². The number of aromatic nitrogens is 1. The molecule has 0 amide bonds. The van der Waals surface area contributed by atoms with E-state index in [1.54, 1.807) is 11.3 Å². The van der Waals surface area contributed by atoms with Gasteiger partial charge in [0.2, 0.25) is 0 Å². The molecule has 0 saturated carbocycles. The van der Waals surface area contributed by atoms with Gasteiger partial charge in [-0.25, -0.2) is 4.98 Å². The standard InChI is InChI=1S/C15H19N3S/c1-12(2)10-18(9-5-8-16)11-15-17-13-6-3-4-7-14(13)19-15/h3-4,6-7,12H,5,9-11H2,1-2H3. The fourth-order valence-electron chi connectivity index (χ4n) is 2.14. The van der Waals surface area contributed by atoms with Crippen molar-refractivity contribution in [2.75, 3.05) is 13.1 Å². The molecule has 0 fully saturated rings. The van der Waals surface area contributed by atoms with Crippen LogP contribution in [0.4, 0.5) is 0 Å². The Balaban J connectivity index is 2.08. The number of hydrogen-bond donors (Lipinski definition) is 0. The van der Waals surface area contributed by atoms with Crippen LogP contribution in [-0.2, 0) is 6.54 Å². The number of nitrogens with zero attached hydrogens (tertiary/aromatic N) is 3. The Labute approximate surface area is 118 Å². The van der Waals surface area contributed by atoms with E-state index < -0.39 is 0 Å². The second-order valence-electron chi connectivity index (χ2n) is 5.11. The minimum Gasteiger partial charge on any atom is -0.295 e. The Hall–Kier alpha value is -1.44. The molecule has 0 saturated heterocycles. The highest BCUT2D eigenvalue weighted by molar-refractivity contribution is 7.18. The minimum absolute atomic E-state index is 0.581. The van der Waals surface area contributed by atoms with Gasteiger partial charge in [-0.05, 0) is 18.1 Å². The van der Waals surface area contributed by atoms with Crippen molar-refractivity contribution in [1.29, 1.82) is 5.26 Å². The zero-order chi connectivity index (χ0) is 13.7. The van der Waals surface area contributed by atoms with Crippen molar-refractivity contribution >= 4 is 21.6 Å². The summed E-state index contributed by atoms with van der Waals surface area (Å²) < 4.78 is 1.24. The Morgan fingerprint density at radius 3 is 2.84 bits per heavy atom. The zero-order valence-electron chi connectivity index (χ0n) is 11.5. The molecule has 100 valence electrons. The number of benzene rings is 1. The average molecular weight is 273 g/mol. The lowest BCUT2D eigenvalue weighted by molar-refractivity contribution is 0.241. The Kier molecular flexibility index (Phi) is 4.89. The number of rotatable bonds is 6. The van der Waals surface area contributed by atoms with Crippen molar-refractivity contribution in [3.05, 3.63) is 29.3 Å². The van der Waals surface area contributed by atoms with Gasteiger partial charge in [0.15, 0.2) is 0 Å². The molecule has 0 unspecified atom stereocenters. The van der Waals surface area contributed by atoms with Crippen LogP contribution in [-0.4, -0.2) is 23.0 Å². The van der Waals surface area contributed by atoms with Crippen molar-refractivity contribution in [3.63, 3.8) is 0 Å². The molecule has 2 rings (SSSR count). The second-order valence-corrected chi connectivity index (χ2v) is 6.23. The quantitative estimate of drug-likeness (QED) is 0.806. The third kappa shape index (κ3) is 4.02. The first-order valence-electron chi connectivity index (χ1n) is 6.63. The molecule has 0 atom stereocenters. The first-order chi connectivity index (χ1) is 9.19. The maximum absolute atomic E-state index is 8.74. The van der Waals surface area contributed by atoms with Gasteiger partial charge in [-0.1, -0.05) is 26.0 Å². The lowest BCUT2D eigenvalue weighted by Crippen LogP contribution is -2.28. The summed E-state index contributed by atoms with van der Waals surface area (Å²) in [6, 6.07) is 10.5. The van der Waals surface area contributed by atoms with E-state index in [1.165, 1.54) is 4.70 Å². The van der Waals surface area contributed by atoms with E-state index in [-0.39, 0.29) is 0 Å².